The molecule has 1 atom stereocenters. The lowest BCUT2D eigenvalue weighted by atomic mass is 10.1. The van der Waals surface area contributed by atoms with Gasteiger partial charge in [0.1, 0.15) is 0 Å². The molecular formula is C18H15N3O3. The van der Waals surface area contributed by atoms with Crippen LogP contribution in [-0.2, 0) is 9.53 Å². The van der Waals surface area contributed by atoms with E-state index >= 15 is 0 Å². The number of rotatable bonds is 4. The molecule has 6 heteroatoms. The summed E-state index contributed by atoms with van der Waals surface area (Å²) < 4.78 is 5.14. The molecule has 2 heterocycles. The predicted molar refractivity (Wildman–Crippen MR) is 89.0 cm³/mol. The molecule has 6 nitrogen and oxygen atoms in total. The average Bonchev–Trinajstić information content (AvgIpc) is 2.61. The molecule has 2 aromatic heterocycles. The van der Waals surface area contributed by atoms with Gasteiger partial charge in [-0.3, -0.25) is 9.78 Å². The zero-order chi connectivity index (χ0) is 17.1. The lowest BCUT2D eigenvalue weighted by Gasteiger charge is -2.12. The Kier molecular flexibility index (Phi) is 4.20. The van der Waals surface area contributed by atoms with Crippen molar-refractivity contribution < 1.29 is 14.3 Å². The summed E-state index contributed by atoms with van der Waals surface area (Å²) in [5, 5.41) is 0.645. The van der Waals surface area contributed by atoms with E-state index in [1.807, 2.05) is 24.3 Å². The highest BCUT2D eigenvalue weighted by Gasteiger charge is 2.19. The van der Waals surface area contributed by atoms with Gasteiger partial charge in [-0.25, -0.2) is 9.78 Å². The third-order valence-electron chi connectivity index (χ3n) is 3.58. The summed E-state index contributed by atoms with van der Waals surface area (Å²) in [6.07, 6.45) is 2.32. The normalized spacial score (nSPS) is 11.9. The molecule has 0 radical (unpaired) electrons. The number of esters is 1. The smallest absolute Gasteiger partial charge is 0.339 e. The lowest BCUT2D eigenvalue weighted by Crippen LogP contribution is -2.30. The first-order valence-corrected chi connectivity index (χ1v) is 7.37. The van der Waals surface area contributed by atoms with Gasteiger partial charge in [0.15, 0.2) is 6.10 Å². The summed E-state index contributed by atoms with van der Waals surface area (Å²) in [6.45, 7) is 1.44. The van der Waals surface area contributed by atoms with Crippen molar-refractivity contribution in [3.8, 4) is 11.3 Å². The van der Waals surface area contributed by atoms with E-state index in [4.69, 9.17) is 10.5 Å². The van der Waals surface area contributed by atoms with Gasteiger partial charge in [0.25, 0.3) is 5.91 Å². The van der Waals surface area contributed by atoms with E-state index in [2.05, 4.69) is 9.97 Å². The molecule has 1 amide bonds. The maximum absolute atomic E-state index is 12.5. The van der Waals surface area contributed by atoms with Gasteiger partial charge < -0.3 is 10.5 Å². The Hall–Kier alpha value is -3.28. The van der Waals surface area contributed by atoms with Gasteiger partial charge in [-0.1, -0.05) is 18.2 Å². The van der Waals surface area contributed by atoms with Crippen LogP contribution >= 0.6 is 0 Å². The molecule has 0 fully saturated rings. The third-order valence-corrected chi connectivity index (χ3v) is 3.58. The van der Waals surface area contributed by atoms with E-state index in [1.54, 1.807) is 30.6 Å². The Balaban J connectivity index is 2.11. The number of nitrogens with two attached hydrogens (primary N) is 1. The van der Waals surface area contributed by atoms with Crippen LogP contribution < -0.4 is 5.73 Å². The van der Waals surface area contributed by atoms with E-state index in [9.17, 15) is 9.59 Å². The van der Waals surface area contributed by atoms with Gasteiger partial charge in [-0.15, -0.1) is 0 Å². The molecule has 120 valence electrons. The van der Waals surface area contributed by atoms with Gasteiger partial charge in [0.2, 0.25) is 0 Å². The van der Waals surface area contributed by atoms with Crippen LogP contribution in [0.5, 0.6) is 0 Å². The van der Waals surface area contributed by atoms with Gasteiger partial charge in [-0.05, 0) is 31.2 Å². The van der Waals surface area contributed by atoms with Crippen molar-refractivity contribution in [3.63, 3.8) is 0 Å². The van der Waals surface area contributed by atoms with Crippen molar-refractivity contribution in [2.24, 2.45) is 5.73 Å². The fourth-order valence-corrected chi connectivity index (χ4v) is 2.29. The van der Waals surface area contributed by atoms with Crippen molar-refractivity contribution in [1.82, 2.24) is 9.97 Å². The standard InChI is InChI=1S/C18H15N3O3/c1-11(17(19)22)24-18(23)14-9-16(12-5-4-8-20-10-12)21-15-7-3-2-6-13(14)15/h2-11H,1H3,(H2,19,22)/t11-/m1/s1. The average molecular weight is 321 g/mol. The zero-order valence-corrected chi connectivity index (χ0v) is 13.0. The molecule has 0 saturated heterocycles. The molecule has 0 aliphatic rings. The van der Waals surface area contributed by atoms with Crippen LogP contribution in [0.4, 0.5) is 0 Å². The van der Waals surface area contributed by atoms with E-state index < -0.39 is 18.0 Å². The minimum atomic E-state index is -1.01. The highest BCUT2D eigenvalue weighted by atomic mass is 16.5. The molecular weight excluding hydrogens is 306 g/mol. The van der Waals surface area contributed by atoms with Crippen LogP contribution in [-0.4, -0.2) is 27.9 Å². The molecule has 24 heavy (non-hydrogen) atoms. The van der Waals surface area contributed by atoms with Crippen LogP contribution in [0.25, 0.3) is 22.2 Å². The second-order valence-electron chi connectivity index (χ2n) is 5.26. The number of hydrogen-bond donors (Lipinski definition) is 1. The third kappa shape index (κ3) is 3.08. The number of carbonyl (C=O) groups is 2. The number of pyridine rings is 2. The fraction of sp³-hybridized carbons (Fsp3) is 0.111. The minimum absolute atomic E-state index is 0.326. The molecule has 3 aromatic rings. The molecule has 0 bridgehead atoms. The number of ether oxygens (including phenoxy) is 1. The fourth-order valence-electron chi connectivity index (χ4n) is 2.29. The number of benzene rings is 1. The van der Waals surface area contributed by atoms with Crippen LogP contribution in [0.15, 0.2) is 54.9 Å². The number of fused-ring (bicyclic) bond motifs is 1. The Bertz CT molecular complexity index is 910. The SMILES string of the molecule is C[C@@H](OC(=O)c1cc(-c2cccnc2)nc2ccccc12)C(N)=O. The quantitative estimate of drug-likeness (QED) is 0.744. The Morgan fingerprint density at radius 3 is 2.67 bits per heavy atom. The summed E-state index contributed by atoms with van der Waals surface area (Å²) in [7, 11) is 0. The molecule has 0 spiro atoms. The molecule has 3 rings (SSSR count). The van der Waals surface area contributed by atoms with Crippen LogP contribution in [0.3, 0.4) is 0 Å². The minimum Gasteiger partial charge on any atom is -0.449 e. The number of para-hydroxylation sites is 1. The predicted octanol–water partition coefficient (Wildman–Crippen LogP) is 2.33. The van der Waals surface area contributed by atoms with Gasteiger partial charge in [0, 0.05) is 23.3 Å². The van der Waals surface area contributed by atoms with Crippen molar-refractivity contribution in [2.45, 2.75) is 13.0 Å². The number of carbonyl (C=O) groups excluding carboxylic acids is 2. The van der Waals surface area contributed by atoms with Crippen molar-refractivity contribution >= 4 is 22.8 Å². The second kappa shape index (κ2) is 6.45. The first-order valence-electron chi connectivity index (χ1n) is 7.37. The largest absolute Gasteiger partial charge is 0.449 e. The highest BCUT2D eigenvalue weighted by molar-refractivity contribution is 6.05. The molecule has 0 aliphatic carbocycles. The van der Waals surface area contributed by atoms with Crippen LogP contribution in [0, 0.1) is 0 Å². The lowest BCUT2D eigenvalue weighted by molar-refractivity contribution is -0.125. The maximum atomic E-state index is 12.5. The van der Waals surface area contributed by atoms with E-state index in [1.165, 1.54) is 6.92 Å². The topological polar surface area (TPSA) is 95.2 Å². The van der Waals surface area contributed by atoms with Crippen molar-refractivity contribution in [3.05, 3.63) is 60.4 Å². The number of amides is 1. The van der Waals surface area contributed by atoms with Crippen molar-refractivity contribution in [2.75, 3.05) is 0 Å². The Morgan fingerprint density at radius 2 is 1.96 bits per heavy atom. The number of primary amides is 1. The Morgan fingerprint density at radius 1 is 1.17 bits per heavy atom. The summed E-state index contributed by atoms with van der Waals surface area (Å²) >= 11 is 0. The summed E-state index contributed by atoms with van der Waals surface area (Å²) in [4.78, 5) is 32.3. The maximum Gasteiger partial charge on any atom is 0.339 e. The second-order valence-corrected chi connectivity index (χ2v) is 5.26. The number of aromatic nitrogens is 2. The monoisotopic (exact) mass is 321 g/mol. The highest BCUT2D eigenvalue weighted by Crippen LogP contribution is 2.25. The first kappa shape index (κ1) is 15.6. The van der Waals surface area contributed by atoms with Crippen molar-refractivity contribution in [1.29, 1.82) is 0 Å². The van der Waals surface area contributed by atoms with Crippen LogP contribution in [0.2, 0.25) is 0 Å². The molecule has 2 N–H and O–H groups in total. The van der Waals surface area contributed by atoms with Gasteiger partial charge in [0.05, 0.1) is 16.8 Å². The summed E-state index contributed by atoms with van der Waals surface area (Å²) in [5.74, 6) is -1.32. The number of hydrogen-bond acceptors (Lipinski definition) is 5. The zero-order valence-electron chi connectivity index (χ0n) is 13.0. The molecule has 1 aromatic carbocycles. The molecule has 0 unspecified atom stereocenters. The van der Waals surface area contributed by atoms with Crippen LogP contribution in [0.1, 0.15) is 17.3 Å². The van der Waals surface area contributed by atoms with E-state index in [-0.39, 0.29) is 0 Å². The Labute approximate surface area is 138 Å². The summed E-state index contributed by atoms with van der Waals surface area (Å²) in [5.41, 5.74) is 7.51. The van der Waals surface area contributed by atoms with E-state index in [0.717, 1.165) is 5.56 Å². The first-order chi connectivity index (χ1) is 11.6. The van der Waals surface area contributed by atoms with E-state index in [0.29, 0.717) is 22.2 Å². The molecule has 0 saturated carbocycles. The summed E-state index contributed by atoms with van der Waals surface area (Å²) in [6, 6.07) is 12.5. The molecule has 0 aliphatic heterocycles. The van der Waals surface area contributed by atoms with Gasteiger partial charge >= 0.3 is 5.97 Å². The number of nitrogens with zero attached hydrogens (tertiary/aromatic N) is 2. The van der Waals surface area contributed by atoms with Gasteiger partial charge in [-0.2, -0.15) is 0 Å².